The van der Waals surface area contributed by atoms with Gasteiger partial charge in [-0.2, -0.15) is 4.98 Å². The van der Waals surface area contributed by atoms with Gasteiger partial charge in [0, 0.05) is 11.9 Å². The predicted molar refractivity (Wildman–Crippen MR) is 70.6 cm³/mol. The third kappa shape index (κ3) is 3.98. The van der Waals surface area contributed by atoms with Gasteiger partial charge in [0.15, 0.2) is 0 Å². The number of ether oxygens (including phenoxy) is 1. The monoisotopic (exact) mass is 348 g/mol. The average molecular weight is 349 g/mol. The number of anilines is 3. The van der Waals surface area contributed by atoms with Gasteiger partial charge < -0.3 is 15.8 Å². The van der Waals surface area contributed by atoms with E-state index in [1.54, 1.807) is 0 Å². The van der Waals surface area contributed by atoms with E-state index in [2.05, 4.69) is 36.0 Å². The summed E-state index contributed by atoms with van der Waals surface area (Å²) in [5, 5.41) is 2.89. The summed E-state index contributed by atoms with van der Waals surface area (Å²) in [5.41, 5.74) is 5.97. The number of nitrogen functional groups attached to an aromatic ring is 1. The number of hydrogen-bond acceptors (Lipinski definition) is 5. The predicted octanol–water partition coefficient (Wildman–Crippen LogP) is 3.46. The van der Waals surface area contributed by atoms with Crippen molar-refractivity contribution in [1.29, 1.82) is 0 Å². The fourth-order valence-corrected chi connectivity index (χ4v) is 1.64. The minimum Gasteiger partial charge on any atom is -0.406 e. The highest BCUT2D eigenvalue weighted by Crippen LogP contribution is 2.27. The van der Waals surface area contributed by atoms with E-state index < -0.39 is 6.36 Å². The zero-order valence-electron chi connectivity index (χ0n) is 9.78. The quantitative estimate of drug-likeness (QED) is 0.888. The summed E-state index contributed by atoms with van der Waals surface area (Å²) in [6.07, 6.45) is -3.25. The number of aromatic nitrogens is 2. The number of nitrogens with zero attached hydrogens (tertiary/aromatic N) is 2. The summed E-state index contributed by atoms with van der Waals surface area (Å²) in [5.74, 6) is 0.180. The summed E-state index contributed by atoms with van der Waals surface area (Å²) in [6.45, 7) is 0. The number of nitrogens with one attached hydrogen (secondary N) is 1. The molecule has 9 heteroatoms. The maximum Gasteiger partial charge on any atom is 0.573 e. The molecular weight excluding hydrogens is 341 g/mol. The number of hydrogen-bond donors (Lipinski definition) is 2. The molecule has 0 aliphatic carbocycles. The van der Waals surface area contributed by atoms with E-state index in [0.29, 0.717) is 16.0 Å². The summed E-state index contributed by atoms with van der Waals surface area (Å²) >= 11 is 3.23. The third-order valence-corrected chi connectivity index (χ3v) is 2.69. The first kappa shape index (κ1) is 14.4. The second-order valence-corrected chi connectivity index (χ2v) is 4.48. The van der Waals surface area contributed by atoms with E-state index in [4.69, 9.17) is 5.73 Å². The Hall–Kier alpha value is -2.03. The van der Waals surface area contributed by atoms with Crippen LogP contribution in [0, 0.1) is 0 Å². The van der Waals surface area contributed by atoms with Crippen LogP contribution in [-0.4, -0.2) is 16.3 Å². The molecule has 106 valence electrons. The number of rotatable bonds is 3. The first-order valence-electron chi connectivity index (χ1n) is 5.24. The Balaban J connectivity index is 2.13. The Morgan fingerprint density at radius 1 is 1.20 bits per heavy atom. The van der Waals surface area contributed by atoms with Gasteiger partial charge in [0.25, 0.3) is 0 Å². The SMILES string of the molecule is Nc1ncc(Br)c(Nc2ccc(OC(F)(F)F)cc2)n1. The van der Waals surface area contributed by atoms with Crippen molar-refractivity contribution in [2.45, 2.75) is 6.36 Å². The Kier molecular flexibility index (Phi) is 3.98. The fourth-order valence-electron chi connectivity index (χ4n) is 1.35. The maximum absolute atomic E-state index is 12.0. The number of halogens is 4. The molecule has 2 aromatic rings. The highest BCUT2D eigenvalue weighted by atomic mass is 79.9. The molecule has 0 aliphatic rings. The number of nitrogens with two attached hydrogens (primary N) is 1. The normalized spacial score (nSPS) is 11.2. The molecule has 0 saturated heterocycles. The van der Waals surface area contributed by atoms with Crippen LogP contribution in [0.25, 0.3) is 0 Å². The van der Waals surface area contributed by atoms with Crippen molar-refractivity contribution in [1.82, 2.24) is 9.97 Å². The Morgan fingerprint density at radius 2 is 1.85 bits per heavy atom. The molecule has 0 aliphatic heterocycles. The van der Waals surface area contributed by atoms with Crippen LogP contribution in [0.3, 0.4) is 0 Å². The third-order valence-electron chi connectivity index (χ3n) is 2.11. The molecule has 0 spiro atoms. The van der Waals surface area contributed by atoms with Gasteiger partial charge in [-0.15, -0.1) is 13.2 Å². The van der Waals surface area contributed by atoms with Gasteiger partial charge in [-0.3, -0.25) is 0 Å². The van der Waals surface area contributed by atoms with Crippen molar-refractivity contribution in [2.75, 3.05) is 11.1 Å². The van der Waals surface area contributed by atoms with Crippen LogP contribution in [0.5, 0.6) is 5.75 Å². The zero-order chi connectivity index (χ0) is 14.8. The zero-order valence-corrected chi connectivity index (χ0v) is 11.4. The van der Waals surface area contributed by atoms with Crippen molar-refractivity contribution in [2.24, 2.45) is 0 Å². The molecule has 0 atom stereocenters. The van der Waals surface area contributed by atoms with Gasteiger partial charge in [0.1, 0.15) is 11.6 Å². The topological polar surface area (TPSA) is 73.1 Å². The van der Waals surface area contributed by atoms with Gasteiger partial charge >= 0.3 is 6.36 Å². The van der Waals surface area contributed by atoms with Gasteiger partial charge in [-0.1, -0.05) is 0 Å². The molecule has 5 nitrogen and oxygen atoms in total. The van der Waals surface area contributed by atoms with Gasteiger partial charge in [0.2, 0.25) is 5.95 Å². The van der Waals surface area contributed by atoms with Crippen molar-refractivity contribution in [3.63, 3.8) is 0 Å². The Bertz CT molecular complexity index is 604. The van der Waals surface area contributed by atoms with Crippen LogP contribution in [0.1, 0.15) is 0 Å². The molecule has 1 aromatic heterocycles. The second-order valence-electron chi connectivity index (χ2n) is 3.62. The fraction of sp³-hybridized carbons (Fsp3) is 0.0909. The lowest BCUT2D eigenvalue weighted by Gasteiger charge is -2.10. The molecule has 0 unspecified atom stereocenters. The van der Waals surface area contributed by atoms with Crippen LogP contribution in [0.4, 0.5) is 30.6 Å². The molecule has 1 heterocycles. The minimum atomic E-state index is -4.71. The van der Waals surface area contributed by atoms with Crippen molar-refractivity contribution < 1.29 is 17.9 Å². The van der Waals surface area contributed by atoms with Crippen molar-refractivity contribution in [3.8, 4) is 5.75 Å². The molecule has 1 aromatic carbocycles. The maximum atomic E-state index is 12.0. The lowest BCUT2D eigenvalue weighted by Crippen LogP contribution is -2.17. The summed E-state index contributed by atoms with van der Waals surface area (Å²) < 4.78 is 40.4. The van der Waals surface area contributed by atoms with Crippen LogP contribution in [0.2, 0.25) is 0 Å². The molecule has 3 N–H and O–H groups in total. The molecule has 0 radical (unpaired) electrons. The van der Waals surface area contributed by atoms with Crippen LogP contribution < -0.4 is 15.8 Å². The highest BCUT2D eigenvalue weighted by molar-refractivity contribution is 9.10. The van der Waals surface area contributed by atoms with Crippen LogP contribution >= 0.6 is 15.9 Å². The lowest BCUT2D eigenvalue weighted by molar-refractivity contribution is -0.274. The van der Waals surface area contributed by atoms with Gasteiger partial charge in [0.05, 0.1) is 4.47 Å². The first-order chi connectivity index (χ1) is 9.33. The average Bonchev–Trinajstić information content (AvgIpc) is 2.34. The van der Waals surface area contributed by atoms with Crippen LogP contribution in [-0.2, 0) is 0 Å². The van der Waals surface area contributed by atoms with Gasteiger partial charge in [-0.05, 0) is 40.2 Å². The minimum absolute atomic E-state index is 0.0766. The highest BCUT2D eigenvalue weighted by Gasteiger charge is 2.30. The van der Waals surface area contributed by atoms with E-state index in [1.807, 2.05) is 0 Å². The van der Waals surface area contributed by atoms with E-state index in [-0.39, 0.29) is 11.7 Å². The number of benzene rings is 1. The summed E-state index contributed by atoms with van der Waals surface area (Å²) in [7, 11) is 0. The molecule has 0 amide bonds. The molecule has 20 heavy (non-hydrogen) atoms. The van der Waals surface area contributed by atoms with Crippen molar-refractivity contribution in [3.05, 3.63) is 34.9 Å². The molecule has 0 fully saturated rings. The van der Waals surface area contributed by atoms with Crippen molar-refractivity contribution >= 4 is 33.4 Å². The Morgan fingerprint density at radius 3 is 2.45 bits per heavy atom. The van der Waals surface area contributed by atoms with E-state index in [9.17, 15) is 13.2 Å². The van der Waals surface area contributed by atoms with E-state index >= 15 is 0 Å². The summed E-state index contributed by atoms with van der Waals surface area (Å²) in [6, 6.07) is 5.22. The van der Waals surface area contributed by atoms with Crippen LogP contribution in [0.15, 0.2) is 34.9 Å². The molecule has 2 rings (SSSR count). The summed E-state index contributed by atoms with van der Waals surface area (Å²) in [4.78, 5) is 7.72. The number of alkyl halides is 3. The first-order valence-corrected chi connectivity index (χ1v) is 6.03. The van der Waals surface area contributed by atoms with E-state index in [1.165, 1.54) is 30.5 Å². The largest absolute Gasteiger partial charge is 0.573 e. The Labute approximate surface area is 120 Å². The molecule has 0 saturated carbocycles. The molecular formula is C11H8BrF3N4O. The van der Waals surface area contributed by atoms with E-state index in [0.717, 1.165) is 0 Å². The lowest BCUT2D eigenvalue weighted by atomic mass is 10.3. The second kappa shape index (κ2) is 5.53. The molecule has 0 bridgehead atoms. The standard InChI is InChI=1S/C11H8BrF3N4O/c12-8-5-17-10(16)19-9(8)18-6-1-3-7(4-2-6)20-11(13,14)15/h1-5H,(H3,16,17,18,19). The van der Waals surface area contributed by atoms with Gasteiger partial charge in [-0.25, -0.2) is 4.98 Å². The smallest absolute Gasteiger partial charge is 0.406 e.